The first kappa shape index (κ1) is 16.6. The van der Waals surface area contributed by atoms with E-state index in [1.807, 2.05) is 77.4 Å². The van der Waals surface area contributed by atoms with E-state index < -0.39 is 24.2 Å². The maximum atomic E-state index is 8.91. The van der Waals surface area contributed by atoms with Crippen LogP contribution in [0, 0.1) is 0 Å². The molecule has 0 saturated carbocycles. The number of rotatable bonds is 2. The summed E-state index contributed by atoms with van der Waals surface area (Å²) < 4.78 is 80.8. The molecule has 0 radical (unpaired) electrons. The molecule has 4 heterocycles. The summed E-state index contributed by atoms with van der Waals surface area (Å²) in [5, 5.41) is 1.88. The number of para-hydroxylation sites is 4. The number of fused-ring (bicyclic) bond motifs is 11. The summed E-state index contributed by atoms with van der Waals surface area (Å²) in [5.74, 6) is 0. The second kappa shape index (κ2) is 8.37. The van der Waals surface area contributed by atoms with E-state index in [9.17, 15) is 0 Å². The summed E-state index contributed by atoms with van der Waals surface area (Å²) in [6.07, 6.45) is 0. The maximum Gasteiger partial charge on any atom is 0.302 e. The minimum atomic E-state index is -0.469. The molecule has 0 atom stereocenters. The van der Waals surface area contributed by atoms with Gasteiger partial charge in [-0.3, -0.25) is 4.57 Å². The van der Waals surface area contributed by atoms with E-state index in [1.54, 1.807) is 4.57 Å². The van der Waals surface area contributed by atoms with E-state index in [1.165, 1.54) is 0 Å². The van der Waals surface area contributed by atoms with Gasteiger partial charge in [-0.2, -0.15) is 4.98 Å². The van der Waals surface area contributed by atoms with E-state index >= 15 is 0 Å². The number of ether oxygens (including phenoxy) is 1. The molecular weight excluding hydrogens is 528 g/mol. The van der Waals surface area contributed by atoms with Crippen molar-refractivity contribution in [3.8, 4) is 23.1 Å². The molecule has 10 rings (SSSR count). The summed E-state index contributed by atoms with van der Waals surface area (Å²) in [6.45, 7) is 0.448. The third-order valence-electron chi connectivity index (χ3n) is 8.40. The Kier molecular flexibility index (Phi) is 3.23. The normalized spacial score (nSPS) is 15.3. The Hall–Kier alpha value is -5.81. The number of imidazole rings is 1. The summed E-state index contributed by atoms with van der Waals surface area (Å²) in [6, 6.07) is 25.2. The Bertz CT molecular complexity index is 2960. The number of benzene rings is 6. The molecule has 202 valence electrons. The Morgan fingerprint density at radius 2 is 1.21 bits per heavy atom. The van der Waals surface area contributed by atoms with Gasteiger partial charge in [-0.1, -0.05) is 72.7 Å². The molecule has 6 aromatic carbocycles. The predicted molar refractivity (Wildman–Crippen MR) is 174 cm³/mol. The van der Waals surface area contributed by atoms with Crippen molar-refractivity contribution in [3.05, 3.63) is 139 Å². The van der Waals surface area contributed by atoms with Crippen molar-refractivity contribution in [2.75, 3.05) is 0 Å². The van der Waals surface area contributed by atoms with Crippen molar-refractivity contribution in [3.63, 3.8) is 0 Å². The number of hydrogen-bond acceptors (Lipinski definition) is 2. The highest BCUT2D eigenvalue weighted by Gasteiger charge is 2.22. The van der Waals surface area contributed by atoms with Gasteiger partial charge in [0, 0.05) is 38.5 Å². The second-order valence-corrected chi connectivity index (χ2v) is 10.7. The molecule has 0 fully saturated rings. The molecule has 1 aliphatic rings. The van der Waals surface area contributed by atoms with Gasteiger partial charge in [-0.25, -0.2) is 0 Å². The van der Waals surface area contributed by atoms with E-state index in [2.05, 4.69) is 16.7 Å². The van der Waals surface area contributed by atoms with Gasteiger partial charge in [-0.05, 0) is 60.6 Å². The van der Waals surface area contributed by atoms with Gasteiger partial charge in [0.1, 0.15) is 6.61 Å². The molecular formula is C38H24N4O. The molecule has 0 spiro atoms. The van der Waals surface area contributed by atoms with Crippen LogP contribution in [0.25, 0.3) is 71.7 Å². The molecule has 0 saturated heterocycles. The Labute approximate surface area is 257 Å². The summed E-state index contributed by atoms with van der Waals surface area (Å²) in [4.78, 5) is 4.85. The number of aromatic nitrogens is 4. The average Bonchev–Trinajstić information content (AvgIpc) is 3.82. The van der Waals surface area contributed by atoms with Gasteiger partial charge >= 0.3 is 6.01 Å². The molecule has 0 unspecified atom stereocenters. The highest BCUT2D eigenvalue weighted by Crippen LogP contribution is 2.38. The lowest BCUT2D eigenvalue weighted by molar-refractivity contribution is 0.265. The first-order valence-corrected chi connectivity index (χ1v) is 13.9. The summed E-state index contributed by atoms with van der Waals surface area (Å²) >= 11 is 0. The van der Waals surface area contributed by atoms with Crippen molar-refractivity contribution >= 4 is 54.6 Å². The fraction of sp³-hybridized carbons (Fsp3) is 0.0263. The van der Waals surface area contributed by atoms with E-state index in [0.717, 1.165) is 49.8 Å². The highest BCUT2D eigenvalue weighted by atomic mass is 16.5. The Morgan fingerprint density at radius 3 is 2.05 bits per heavy atom. The number of nitrogens with zero attached hydrogens (tertiary/aromatic N) is 4. The molecule has 1 aliphatic heterocycles. The van der Waals surface area contributed by atoms with Crippen LogP contribution in [0.5, 0.6) is 6.01 Å². The fourth-order valence-electron chi connectivity index (χ4n) is 6.57. The molecule has 0 N–H and O–H groups in total. The van der Waals surface area contributed by atoms with Crippen LogP contribution in [0.4, 0.5) is 0 Å². The Morgan fingerprint density at radius 1 is 0.558 bits per heavy atom. The van der Waals surface area contributed by atoms with Crippen molar-refractivity contribution in [2.24, 2.45) is 0 Å². The van der Waals surface area contributed by atoms with Crippen LogP contribution in [0.2, 0.25) is 0 Å². The van der Waals surface area contributed by atoms with Crippen LogP contribution in [-0.2, 0) is 6.61 Å². The van der Waals surface area contributed by atoms with Crippen LogP contribution >= 0.6 is 0 Å². The lowest BCUT2D eigenvalue weighted by Crippen LogP contribution is -2.11. The van der Waals surface area contributed by atoms with Gasteiger partial charge in [-0.15, -0.1) is 0 Å². The summed E-state index contributed by atoms with van der Waals surface area (Å²) in [5.41, 5.74) is 7.17. The van der Waals surface area contributed by atoms with E-state index in [0.29, 0.717) is 18.3 Å². The third-order valence-corrected chi connectivity index (χ3v) is 8.40. The Balaban J connectivity index is 1.25. The number of hydrogen-bond donors (Lipinski definition) is 0. The zero-order valence-electron chi connectivity index (χ0n) is 30.5. The lowest BCUT2D eigenvalue weighted by Gasteiger charge is -2.19. The first-order valence-electron chi connectivity index (χ1n) is 17.9. The van der Waals surface area contributed by atoms with Crippen molar-refractivity contribution in [1.82, 2.24) is 18.7 Å². The maximum absolute atomic E-state index is 8.91. The third kappa shape index (κ3) is 3.08. The molecule has 43 heavy (non-hydrogen) atoms. The lowest BCUT2D eigenvalue weighted by atomic mass is 10.1. The van der Waals surface area contributed by atoms with Crippen LogP contribution in [0.1, 0.15) is 16.5 Å². The highest BCUT2D eigenvalue weighted by molar-refractivity contribution is 6.12. The van der Waals surface area contributed by atoms with Crippen molar-refractivity contribution in [1.29, 1.82) is 0 Å². The molecule has 3 aromatic heterocycles. The SMILES string of the molecule is [2H]c1c([2H])c([2H])c2c(c1[2H])c1c([2H])c([2H])c([2H])c([2H])c1n2-c1ccc2c(c1)c1ccccc1n2-c1ccc2c(c1)nc1n2-c2ccccc2CO1. The van der Waals surface area contributed by atoms with E-state index in [4.69, 9.17) is 20.7 Å². The zero-order valence-corrected chi connectivity index (χ0v) is 22.5. The largest absolute Gasteiger partial charge is 0.459 e. The van der Waals surface area contributed by atoms with Crippen molar-refractivity contribution < 1.29 is 15.7 Å². The molecule has 0 amide bonds. The fourth-order valence-corrected chi connectivity index (χ4v) is 6.57. The second-order valence-electron chi connectivity index (χ2n) is 10.7. The van der Waals surface area contributed by atoms with Crippen LogP contribution in [0.15, 0.2) is 133 Å². The van der Waals surface area contributed by atoms with Gasteiger partial charge < -0.3 is 13.9 Å². The van der Waals surface area contributed by atoms with Crippen LogP contribution < -0.4 is 4.74 Å². The minimum Gasteiger partial charge on any atom is -0.459 e. The van der Waals surface area contributed by atoms with Crippen molar-refractivity contribution in [2.45, 2.75) is 6.61 Å². The average molecular weight is 561 g/mol. The summed E-state index contributed by atoms with van der Waals surface area (Å²) in [7, 11) is 0. The molecule has 0 aliphatic carbocycles. The first-order chi connectivity index (χ1) is 24.7. The molecule has 0 bridgehead atoms. The quantitative estimate of drug-likeness (QED) is 0.211. The van der Waals surface area contributed by atoms with Gasteiger partial charge in [0.25, 0.3) is 0 Å². The van der Waals surface area contributed by atoms with Gasteiger partial charge in [0.2, 0.25) is 0 Å². The van der Waals surface area contributed by atoms with Crippen LogP contribution in [0.3, 0.4) is 0 Å². The van der Waals surface area contributed by atoms with Gasteiger partial charge in [0.05, 0.1) is 49.8 Å². The standard InChI is InChI=1S/C38H24N4O/c1-5-13-32-24(9-1)23-43-38-39-31-22-26(18-20-37(31)42(32)38)41-35-16-8-4-12-29(35)30-21-25(17-19-36(30)41)40-33-14-6-2-10-27(33)28-11-3-7-15-34(28)40/h1-22H,23H2/i2D,3D,6D,7D,10D,11D,14D,15D. The molecule has 5 nitrogen and oxygen atoms in total. The topological polar surface area (TPSA) is 36.9 Å². The molecule has 9 aromatic rings. The van der Waals surface area contributed by atoms with Gasteiger partial charge in [0.15, 0.2) is 0 Å². The smallest absolute Gasteiger partial charge is 0.302 e. The van der Waals surface area contributed by atoms with E-state index in [-0.39, 0.29) is 46.0 Å². The zero-order chi connectivity index (χ0) is 35.0. The molecule has 5 heteroatoms. The predicted octanol–water partition coefficient (Wildman–Crippen LogP) is 9.11. The minimum absolute atomic E-state index is 0.0493. The monoisotopic (exact) mass is 560 g/mol. The van der Waals surface area contributed by atoms with Crippen LogP contribution in [-0.4, -0.2) is 18.7 Å².